The number of ether oxygens (including phenoxy) is 1. The highest BCUT2D eigenvalue weighted by Gasteiger charge is 2.01. The molecule has 1 rings (SSSR count). The summed E-state index contributed by atoms with van der Waals surface area (Å²) in [6, 6.07) is 9.58. The minimum atomic E-state index is -0.163. The first kappa shape index (κ1) is 11.6. The first-order chi connectivity index (χ1) is 5.83. The Kier molecular flexibility index (Phi) is 5.55. The summed E-state index contributed by atoms with van der Waals surface area (Å²) in [7, 11) is 0. The molecule has 0 saturated carbocycles. The number of hydrogen-bond acceptors (Lipinski definition) is 2. The normalized spacial score (nSPS) is 8.69. The summed E-state index contributed by atoms with van der Waals surface area (Å²) in [5.41, 5.74) is 0.996. The molecule has 0 aromatic heterocycles. The summed E-state index contributed by atoms with van der Waals surface area (Å²) in [6.07, 6.45) is 0.370. The third-order valence-corrected chi connectivity index (χ3v) is 1.50. The quantitative estimate of drug-likeness (QED) is 0.654. The summed E-state index contributed by atoms with van der Waals surface area (Å²) in [6.45, 7) is 2.26. The van der Waals surface area contributed by atoms with E-state index in [0.717, 1.165) is 5.56 Å². The minimum Gasteiger partial charge on any atom is -0.466 e. The Balaban J connectivity index is 0.00000144. The maximum Gasteiger partial charge on any atom is 0.310 e. The molecule has 72 valence electrons. The lowest BCUT2D eigenvalue weighted by atomic mass is 10.2. The third kappa shape index (κ3) is 4.28. The molecule has 0 radical (unpaired) electrons. The van der Waals surface area contributed by atoms with Crippen LogP contribution in [0.4, 0.5) is 0 Å². The van der Waals surface area contributed by atoms with Crippen LogP contribution < -0.4 is 0 Å². The first-order valence-electron chi connectivity index (χ1n) is 4.02. The van der Waals surface area contributed by atoms with Gasteiger partial charge in [-0.25, -0.2) is 0 Å². The van der Waals surface area contributed by atoms with Gasteiger partial charge < -0.3 is 10.2 Å². The second kappa shape index (κ2) is 6.20. The molecule has 0 spiro atoms. The van der Waals surface area contributed by atoms with Crippen molar-refractivity contribution >= 4 is 5.97 Å². The Labute approximate surface area is 77.6 Å². The Hall–Kier alpha value is -1.35. The van der Waals surface area contributed by atoms with Gasteiger partial charge in [-0.2, -0.15) is 0 Å². The molecule has 0 fully saturated rings. The van der Waals surface area contributed by atoms with E-state index in [1.807, 2.05) is 37.3 Å². The standard InChI is InChI=1S/C10H12O2.H2O/c1-2-12-10(11)8-9-6-4-3-5-7-9;/h3-7H,2,8H2,1H3;1H2. The molecular formula is C10H14O3. The molecule has 0 bridgehead atoms. The van der Waals surface area contributed by atoms with Crippen molar-refractivity contribution in [2.75, 3.05) is 6.61 Å². The van der Waals surface area contributed by atoms with E-state index in [0.29, 0.717) is 13.0 Å². The molecule has 13 heavy (non-hydrogen) atoms. The summed E-state index contributed by atoms with van der Waals surface area (Å²) in [4.78, 5) is 11.0. The molecule has 0 aliphatic carbocycles. The topological polar surface area (TPSA) is 57.8 Å². The van der Waals surface area contributed by atoms with Crippen LogP contribution in [0.3, 0.4) is 0 Å². The van der Waals surface area contributed by atoms with Crippen LogP contribution >= 0.6 is 0 Å². The second-order valence-corrected chi connectivity index (χ2v) is 2.47. The lowest BCUT2D eigenvalue weighted by molar-refractivity contribution is -0.142. The van der Waals surface area contributed by atoms with E-state index in [-0.39, 0.29) is 11.4 Å². The predicted molar refractivity (Wildman–Crippen MR) is 50.4 cm³/mol. The third-order valence-electron chi connectivity index (χ3n) is 1.50. The predicted octanol–water partition coefficient (Wildman–Crippen LogP) is 0.967. The van der Waals surface area contributed by atoms with E-state index in [1.165, 1.54) is 0 Å². The molecule has 0 heterocycles. The van der Waals surface area contributed by atoms with E-state index < -0.39 is 0 Å². The SMILES string of the molecule is CCOC(=O)Cc1ccccc1.O. The van der Waals surface area contributed by atoms with Gasteiger partial charge in [-0.3, -0.25) is 4.79 Å². The molecule has 0 aliphatic heterocycles. The molecule has 3 nitrogen and oxygen atoms in total. The van der Waals surface area contributed by atoms with Crippen LogP contribution in [0.15, 0.2) is 30.3 Å². The van der Waals surface area contributed by atoms with Gasteiger partial charge in [-0.15, -0.1) is 0 Å². The van der Waals surface area contributed by atoms with E-state index in [4.69, 9.17) is 4.74 Å². The summed E-state index contributed by atoms with van der Waals surface area (Å²) >= 11 is 0. The van der Waals surface area contributed by atoms with Crippen molar-refractivity contribution < 1.29 is 15.0 Å². The van der Waals surface area contributed by atoms with E-state index in [2.05, 4.69) is 0 Å². The van der Waals surface area contributed by atoms with Crippen LogP contribution in [0.25, 0.3) is 0 Å². The van der Waals surface area contributed by atoms with Gasteiger partial charge in [0, 0.05) is 0 Å². The minimum absolute atomic E-state index is 0. The Morgan fingerprint density at radius 2 is 1.92 bits per heavy atom. The van der Waals surface area contributed by atoms with Crippen molar-refractivity contribution in [3.05, 3.63) is 35.9 Å². The van der Waals surface area contributed by atoms with E-state index in [1.54, 1.807) is 0 Å². The van der Waals surface area contributed by atoms with Crippen LogP contribution in [0.5, 0.6) is 0 Å². The highest BCUT2D eigenvalue weighted by atomic mass is 16.5. The summed E-state index contributed by atoms with van der Waals surface area (Å²) in [5.74, 6) is -0.163. The van der Waals surface area contributed by atoms with Crippen molar-refractivity contribution in [2.45, 2.75) is 13.3 Å². The lowest BCUT2D eigenvalue weighted by Gasteiger charge is -2.00. The van der Waals surface area contributed by atoms with Crippen molar-refractivity contribution in [3.63, 3.8) is 0 Å². The molecule has 1 aromatic carbocycles. The highest BCUT2D eigenvalue weighted by Crippen LogP contribution is 2.00. The van der Waals surface area contributed by atoms with Gasteiger partial charge >= 0.3 is 5.97 Å². The number of rotatable bonds is 3. The van der Waals surface area contributed by atoms with Crippen LogP contribution in [0.2, 0.25) is 0 Å². The van der Waals surface area contributed by atoms with Crippen molar-refractivity contribution in [3.8, 4) is 0 Å². The molecular weight excluding hydrogens is 168 g/mol. The molecule has 0 aliphatic rings. The zero-order chi connectivity index (χ0) is 8.81. The largest absolute Gasteiger partial charge is 0.466 e. The Morgan fingerprint density at radius 3 is 2.46 bits per heavy atom. The molecule has 2 N–H and O–H groups in total. The van der Waals surface area contributed by atoms with Gasteiger partial charge in [0.25, 0.3) is 0 Å². The van der Waals surface area contributed by atoms with Gasteiger partial charge in [0.1, 0.15) is 0 Å². The second-order valence-electron chi connectivity index (χ2n) is 2.47. The van der Waals surface area contributed by atoms with Crippen LogP contribution in [0, 0.1) is 0 Å². The molecule has 0 saturated heterocycles. The van der Waals surface area contributed by atoms with Crippen LogP contribution in [0.1, 0.15) is 12.5 Å². The summed E-state index contributed by atoms with van der Waals surface area (Å²) < 4.78 is 4.81. The Bertz CT molecular complexity index is 244. The zero-order valence-corrected chi connectivity index (χ0v) is 7.62. The molecule has 0 atom stereocenters. The van der Waals surface area contributed by atoms with E-state index in [9.17, 15) is 4.79 Å². The summed E-state index contributed by atoms with van der Waals surface area (Å²) in [5, 5.41) is 0. The number of hydrogen-bond donors (Lipinski definition) is 0. The average Bonchev–Trinajstić information content (AvgIpc) is 2.06. The lowest BCUT2D eigenvalue weighted by Crippen LogP contribution is -2.06. The van der Waals surface area contributed by atoms with Gasteiger partial charge in [-0.05, 0) is 12.5 Å². The molecule has 3 heteroatoms. The van der Waals surface area contributed by atoms with Crippen LogP contribution in [-0.4, -0.2) is 18.1 Å². The molecule has 1 aromatic rings. The highest BCUT2D eigenvalue weighted by molar-refractivity contribution is 5.72. The smallest absolute Gasteiger partial charge is 0.310 e. The van der Waals surface area contributed by atoms with Gasteiger partial charge in [0.05, 0.1) is 13.0 Å². The van der Waals surface area contributed by atoms with Crippen LogP contribution in [-0.2, 0) is 16.0 Å². The van der Waals surface area contributed by atoms with Gasteiger partial charge in [0.2, 0.25) is 0 Å². The average molecular weight is 182 g/mol. The van der Waals surface area contributed by atoms with Crippen molar-refractivity contribution in [1.82, 2.24) is 0 Å². The fraction of sp³-hybridized carbons (Fsp3) is 0.300. The van der Waals surface area contributed by atoms with Gasteiger partial charge in [0.15, 0.2) is 0 Å². The van der Waals surface area contributed by atoms with Crippen molar-refractivity contribution in [2.24, 2.45) is 0 Å². The van der Waals surface area contributed by atoms with E-state index >= 15 is 0 Å². The number of benzene rings is 1. The maximum atomic E-state index is 11.0. The first-order valence-corrected chi connectivity index (χ1v) is 4.02. The number of carbonyl (C=O) groups excluding carboxylic acids is 1. The Morgan fingerprint density at radius 1 is 1.31 bits per heavy atom. The van der Waals surface area contributed by atoms with Gasteiger partial charge in [-0.1, -0.05) is 30.3 Å². The van der Waals surface area contributed by atoms with Crippen molar-refractivity contribution in [1.29, 1.82) is 0 Å². The number of carbonyl (C=O) groups is 1. The zero-order valence-electron chi connectivity index (χ0n) is 7.62. The fourth-order valence-corrected chi connectivity index (χ4v) is 0.975. The molecule has 0 amide bonds. The number of esters is 1. The monoisotopic (exact) mass is 182 g/mol. The molecule has 0 unspecified atom stereocenters. The maximum absolute atomic E-state index is 11.0. The fourth-order valence-electron chi connectivity index (χ4n) is 0.975.